The van der Waals surface area contributed by atoms with Crippen LogP contribution in [0.4, 0.5) is 44.3 Å². The van der Waals surface area contributed by atoms with Crippen molar-refractivity contribution in [1.82, 2.24) is 9.80 Å². The van der Waals surface area contributed by atoms with E-state index < -0.39 is 47.1 Å². The number of hydrogen-bond donors (Lipinski definition) is 0. The molecule has 0 bridgehead atoms. The SMILES string of the molecule is CC(C)(Oc1cc(C(F)(F)F)ccc1CN1CCN(C(=O)OC(C(F)(F)F)C(F)(F)F)CC1)C(=O)Cl. The fraction of sp³-hybridized carbons (Fsp3) is 0.600. The Morgan fingerprint density at radius 2 is 1.47 bits per heavy atom. The number of benzene rings is 1. The molecule has 36 heavy (non-hydrogen) atoms. The van der Waals surface area contributed by atoms with Crippen LogP contribution in [0, 0.1) is 0 Å². The van der Waals surface area contributed by atoms with E-state index in [4.69, 9.17) is 16.3 Å². The zero-order valence-corrected chi connectivity index (χ0v) is 19.4. The van der Waals surface area contributed by atoms with Crippen molar-refractivity contribution < 1.29 is 58.6 Å². The van der Waals surface area contributed by atoms with E-state index in [2.05, 4.69) is 4.74 Å². The third kappa shape index (κ3) is 7.79. The lowest BCUT2D eigenvalue weighted by atomic mass is 10.1. The molecule has 1 heterocycles. The average molecular weight is 559 g/mol. The van der Waals surface area contributed by atoms with Gasteiger partial charge in [0.1, 0.15) is 5.75 Å². The second-order valence-corrected chi connectivity index (χ2v) is 8.66. The Labute approximate surface area is 203 Å². The Morgan fingerprint density at radius 3 is 1.92 bits per heavy atom. The summed E-state index contributed by atoms with van der Waals surface area (Å²) in [6.07, 6.45) is -22.5. The standard InChI is InChI=1S/C20H20ClF9N2O4/c1-17(2,15(21)33)36-13-9-12(18(22,23)24)4-3-11(13)10-31-5-7-32(8-6-31)16(34)35-14(19(25,26)27)20(28,29)30/h3-4,9,14H,5-8,10H2,1-2H3. The van der Waals surface area contributed by atoms with E-state index in [1.165, 1.54) is 13.8 Å². The summed E-state index contributed by atoms with van der Waals surface area (Å²) in [6, 6.07) is 2.56. The minimum Gasteiger partial charge on any atom is -0.478 e. The fourth-order valence-corrected chi connectivity index (χ4v) is 3.13. The van der Waals surface area contributed by atoms with Crippen LogP contribution in [0.5, 0.6) is 5.75 Å². The van der Waals surface area contributed by atoms with Gasteiger partial charge in [-0.3, -0.25) is 9.69 Å². The van der Waals surface area contributed by atoms with Crippen LogP contribution in [0.3, 0.4) is 0 Å². The number of ether oxygens (including phenoxy) is 2. The van der Waals surface area contributed by atoms with Gasteiger partial charge in [0, 0.05) is 38.3 Å². The van der Waals surface area contributed by atoms with E-state index in [9.17, 15) is 49.1 Å². The molecule has 1 aromatic carbocycles. The summed E-state index contributed by atoms with van der Waals surface area (Å²) < 4.78 is 124. The molecule has 6 nitrogen and oxygen atoms in total. The molecule has 0 saturated carbocycles. The van der Waals surface area contributed by atoms with Gasteiger partial charge < -0.3 is 14.4 Å². The second-order valence-electron chi connectivity index (χ2n) is 8.32. The number of nitrogens with zero attached hydrogens (tertiary/aromatic N) is 2. The second kappa shape index (κ2) is 10.5. The number of amides is 1. The molecule has 1 fully saturated rings. The smallest absolute Gasteiger partial charge is 0.434 e. The van der Waals surface area contributed by atoms with Crippen LogP contribution in [0.2, 0.25) is 0 Å². The minimum atomic E-state index is -5.85. The first-order valence-corrected chi connectivity index (χ1v) is 10.5. The van der Waals surface area contributed by atoms with Crippen molar-refractivity contribution in [1.29, 1.82) is 0 Å². The first kappa shape index (κ1) is 29.8. The molecule has 0 aromatic heterocycles. The number of rotatable bonds is 6. The van der Waals surface area contributed by atoms with Gasteiger partial charge in [0.2, 0.25) is 0 Å². The minimum absolute atomic E-state index is 0.0594. The molecule has 0 radical (unpaired) electrons. The molecule has 1 aliphatic rings. The summed E-state index contributed by atoms with van der Waals surface area (Å²) in [5.74, 6) is -0.302. The highest BCUT2D eigenvalue weighted by molar-refractivity contribution is 6.65. The number of carbonyl (C=O) groups is 2. The fourth-order valence-electron chi connectivity index (χ4n) is 3.10. The highest BCUT2D eigenvalue weighted by atomic mass is 35.5. The molecule has 204 valence electrons. The maximum atomic E-state index is 13.2. The van der Waals surface area contributed by atoms with E-state index in [0.29, 0.717) is 11.0 Å². The van der Waals surface area contributed by atoms with E-state index >= 15 is 0 Å². The predicted molar refractivity (Wildman–Crippen MR) is 106 cm³/mol. The van der Waals surface area contributed by atoms with Gasteiger partial charge in [-0.1, -0.05) is 6.07 Å². The van der Waals surface area contributed by atoms with E-state index in [0.717, 1.165) is 12.1 Å². The van der Waals surface area contributed by atoms with Gasteiger partial charge in [-0.15, -0.1) is 0 Å². The van der Waals surface area contributed by atoms with Crippen LogP contribution in [0.25, 0.3) is 0 Å². The molecular formula is C20H20ClF9N2O4. The topological polar surface area (TPSA) is 59.1 Å². The molecule has 1 aromatic rings. The average Bonchev–Trinajstić information content (AvgIpc) is 2.70. The molecule has 0 atom stereocenters. The van der Waals surface area contributed by atoms with Crippen LogP contribution in [0.15, 0.2) is 18.2 Å². The molecule has 2 rings (SSSR count). The van der Waals surface area contributed by atoms with Gasteiger partial charge in [0.05, 0.1) is 5.56 Å². The van der Waals surface area contributed by atoms with Crippen molar-refractivity contribution in [2.24, 2.45) is 0 Å². The Hall–Kier alpha value is -2.42. The van der Waals surface area contributed by atoms with Crippen LogP contribution in [-0.4, -0.2) is 71.4 Å². The summed E-state index contributed by atoms with van der Waals surface area (Å²) in [6.45, 7) is 1.66. The summed E-state index contributed by atoms with van der Waals surface area (Å²) in [5.41, 5.74) is -2.55. The van der Waals surface area contributed by atoms with Crippen LogP contribution in [-0.2, 0) is 22.3 Å². The largest absolute Gasteiger partial charge is 0.478 e. The lowest BCUT2D eigenvalue weighted by molar-refractivity contribution is -0.308. The zero-order chi connectivity index (χ0) is 27.7. The monoisotopic (exact) mass is 558 g/mol. The van der Waals surface area contributed by atoms with Gasteiger partial charge in [-0.25, -0.2) is 4.79 Å². The number of hydrogen-bond acceptors (Lipinski definition) is 5. The van der Waals surface area contributed by atoms with Crippen molar-refractivity contribution in [2.45, 2.75) is 50.6 Å². The molecule has 0 aliphatic carbocycles. The molecule has 1 saturated heterocycles. The highest BCUT2D eigenvalue weighted by Crippen LogP contribution is 2.37. The Morgan fingerprint density at radius 1 is 0.944 bits per heavy atom. The van der Waals surface area contributed by atoms with Crippen LogP contribution >= 0.6 is 11.6 Å². The van der Waals surface area contributed by atoms with E-state index in [1.807, 2.05) is 0 Å². The summed E-state index contributed by atoms with van der Waals surface area (Å²) in [7, 11) is 0. The van der Waals surface area contributed by atoms with Crippen molar-refractivity contribution in [3.8, 4) is 5.75 Å². The third-order valence-corrected chi connectivity index (χ3v) is 5.53. The van der Waals surface area contributed by atoms with E-state index in [1.54, 1.807) is 4.90 Å². The van der Waals surface area contributed by atoms with Crippen LogP contribution in [0.1, 0.15) is 25.0 Å². The summed E-state index contributed by atoms with van der Waals surface area (Å²) >= 11 is 5.44. The highest BCUT2D eigenvalue weighted by Gasteiger charge is 2.60. The molecule has 0 unspecified atom stereocenters. The normalized spacial score (nSPS) is 16.3. The van der Waals surface area contributed by atoms with Gasteiger partial charge >= 0.3 is 24.6 Å². The first-order valence-electron chi connectivity index (χ1n) is 10.1. The van der Waals surface area contributed by atoms with Crippen molar-refractivity contribution in [2.75, 3.05) is 26.2 Å². The lowest BCUT2D eigenvalue weighted by Crippen LogP contribution is -2.52. The Balaban J connectivity index is 2.12. The van der Waals surface area contributed by atoms with E-state index in [-0.39, 0.29) is 44.0 Å². The number of carbonyl (C=O) groups excluding carboxylic acids is 2. The predicted octanol–water partition coefficient (Wildman–Crippen LogP) is 5.38. The number of alkyl halides is 9. The summed E-state index contributed by atoms with van der Waals surface area (Å²) in [4.78, 5) is 25.7. The maximum Gasteiger partial charge on any atom is 0.434 e. The van der Waals surface area contributed by atoms with Gasteiger partial charge in [-0.05, 0) is 37.6 Å². The third-order valence-electron chi connectivity index (χ3n) is 5.07. The van der Waals surface area contributed by atoms with Crippen molar-refractivity contribution >= 4 is 22.9 Å². The molecule has 0 N–H and O–H groups in total. The van der Waals surface area contributed by atoms with Gasteiger partial charge in [0.15, 0.2) is 5.60 Å². The molecule has 1 aliphatic heterocycles. The van der Waals surface area contributed by atoms with Crippen LogP contribution < -0.4 is 4.74 Å². The molecule has 16 heteroatoms. The molecule has 0 spiro atoms. The molecule has 1 amide bonds. The van der Waals surface area contributed by atoms with Gasteiger partial charge in [-0.2, -0.15) is 39.5 Å². The maximum absolute atomic E-state index is 13.2. The zero-order valence-electron chi connectivity index (χ0n) is 18.7. The van der Waals surface area contributed by atoms with Crippen molar-refractivity contribution in [3.05, 3.63) is 29.3 Å². The summed E-state index contributed by atoms with van der Waals surface area (Å²) in [5, 5.41) is -0.978. The first-order chi connectivity index (χ1) is 16.2. The number of halogens is 10. The number of piperazine rings is 1. The van der Waals surface area contributed by atoms with Crippen molar-refractivity contribution in [3.63, 3.8) is 0 Å². The quantitative estimate of drug-likeness (QED) is 0.347. The van der Waals surface area contributed by atoms with Gasteiger partial charge in [0.25, 0.3) is 11.3 Å². The lowest BCUT2D eigenvalue weighted by Gasteiger charge is -2.35. The Kier molecular flexibility index (Phi) is 8.71. The Bertz CT molecular complexity index is 942. The molecular weight excluding hydrogens is 539 g/mol.